The average molecular weight is 358 g/mol. The zero-order chi connectivity index (χ0) is 17.6. The van der Waals surface area contributed by atoms with Gasteiger partial charge in [0.1, 0.15) is 0 Å². The second kappa shape index (κ2) is 8.37. The summed E-state index contributed by atoms with van der Waals surface area (Å²) in [4.78, 5) is 19.1. The van der Waals surface area contributed by atoms with Crippen LogP contribution in [-0.4, -0.2) is 50.1 Å². The van der Waals surface area contributed by atoms with E-state index < -0.39 is 0 Å². The summed E-state index contributed by atoms with van der Waals surface area (Å²) in [5, 5.41) is 0.761. The van der Waals surface area contributed by atoms with Gasteiger partial charge in [0, 0.05) is 49.1 Å². The summed E-state index contributed by atoms with van der Waals surface area (Å²) >= 11 is 6.08. The first-order valence-electron chi connectivity index (χ1n) is 8.75. The van der Waals surface area contributed by atoms with Gasteiger partial charge in [0.2, 0.25) is 5.91 Å². The van der Waals surface area contributed by atoms with E-state index in [1.165, 1.54) is 0 Å². The van der Waals surface area contributed by atoms with E-state index in [0.717, 1.165) is 42.6 Å². The summed E-state index contributed by atoms with van der Waals surface area (Å²) in [6.45, 7) is 6.74. The zero-order valence-corrected chi connectivity index (χ0v) is 15.3. The Morgan fingerprint density at radius 2 is 1.76 bits per heavy atom. The summed E-state index contributed by atoms with van der Waals surface area (Å²) < 4.78 is 0. The number of piperazine rings is 1. The van der Waals surface area contributed by atoms with Gasteiger partial charge in [0.15, 0.2) is 0 Å². The van der Waals surface area contributed by atoms with Crippen LogP contribution in [0.15, 0.2) is 54.6 Å². The standard InChI is InChI=1S/C20H24ClN3O/c1-2-24(18-8-4-3-5-9-18)20(25)16-22-11-13-23(14-12-22)19-10-6-7-17(21)15-19/h3-10,15H,2,11-14,16H2,1H3. The molecule has 0 saturated carbocycles. The van der Waals surface area contributed by atoms with Crippen LogP contribution in [0.1, 0.15) is 6.92 Å². The first-order chi connectivity index (χ1) is 12.2. The highest BCUT2D eigenvalue weighted by molar-refractivity contribution is 6.30. The average Bonchev–Trinajstić information content (AvgIpc) is 2.64. The van der Waals surface area contributed by atoms with Gasteiger partial charge in [-0.1, -0.05) is 35.9 Å². The number of anilines is 2. The van der Waals surface area contributed by atoms with Crippen molar-refractivity contribution in [1.29, 1.82) is 0 Å². The number of halogens is 1. The van der Waals surface area contributed by atoms with E-state index in [0.29, 0.717) is 13.1 Å². The Morgan fingerprint density at radius 3 is 2.40 bits per heavy atom. The minimum atomic E-state index is 0.157. The van der Waals surface area contributed by atoms with Gasteiger partial charge >= 0.3 is 0 Å². The van der Waals surface area contributed by atoms with Crippen molar-refractivity contribution in [2.45, 2.75) is 6.92 Å². The molecule has 132 valence electrons. The normalized spacial score (nSPS) is 15.2. The van der Waals surface area contributed by atoms with Crippen molar-refractivity contribution < 1.29 is 4.79 Å². The number of amides is 1. The topological polar surface area (TPSA) is 26.8 Å². The van der Waals surface area contributed by atoms with Gasteiger partial charge in [0.05, 0.1) is 6.54 Å². The van der Waals surface area contributed by atoms with E-state index in [-0.39, 0.29) is 5.91 Å². The fraction of sp³-hybridized carbons (Fsp3) is 0.350. The molecule has 2 aromatic rings. The van der Waals surface area contributed by atoms with Crippen molar-refractivity contribution in [2.24, 2.45) is 0 Å². The molecule has 25 heavy (non-hydrogen) atoms. The number of likely N-dealkylation sites (N-methyl/N-ethyl adjacent to an activating group) is 1. The summed E-state index contributed by atoms with van der Waals surface area (Å²) in [6, 6.07) is 17.8. The maximum atomic E-state index is 12.7. The highest BCUT2D eigenvalue weighted by atomic mass is 35.5. The third-order valence-corrected chi connectivity index (χ3v) is 4.82. The zero-order valence-electron chi connectivity index (χ0n) is 14.6. The summed E-state index contributed by atoms with van der Waals surface area (Å²) in [6.07, 6.45) is 0. The molecule has 1 fully saturated rings. The third-order valence-electron chi connectivity index (χ3n) is 4.59. The number of hydrogen-bond acceptors (Lipinski definition) is 3. The number of carbonyl (C=O) groups excluding carboxylic acids is 1. The second-order valence-electron chi connectivity index (χ2n) is 6.22. The van der Waals surface area contributed by atoms with Gasteiger partial charge in [-0.05, 0) is 37.3 Å². The molecule has 5 heteroatoms. The fourth-order valence-corrected chi connectivity index (χ4v) is 3.41. The van der Waals surface area contributed by atoms with Crippen LogP contribution in [0.2, 0.25) is 5.02 Å². The summed E-state index contributed by atoms with van der Waals surface area (Å²) in [7, 11) is 0. The molecular weight excluding hydrogens is 334 g/mol. The second-order valence-corrected chi connectivity index (χ2v) is 6.65. The lowest BCUT2D eigenvalue weighted by atomic mass is 10.2. The minimum Gasteiger partial charge on any atom is -0.369 e. The molecule has 1 aliphatic heterocycles. The first-order valence-corrected chi connectivity index (χ1v) is 9.13. The molecule has 0 aromatic heterocycles. The number of nitrogens with zero attached hydrogens (tertiary/aromatic N) is 3. The number of rotatable bonds is 5. The van der Waals surface area contributed by atoms with Crippen molar-refractivity contribution in [1.82, 2.24) is 4.90 Å². The maximum Gasteiger partial charge on any atom is 0.241 e. The molecule has 0 unspecified atom stereocenters. The third kappa shape index (κ3) is 4.53. The molecule has 2 aromatic carbocycles. The lowest BCUT2D eigenvalue weighted by molar-refractivity contribution is -0.119. The Morgan fingerprint density at radius 1 is 1.04 bits per heavy atom. The van der Waals surface area contributed by atoms with E-state index in [2.05, 4.69) is 15.9 Å². The minimum absolute atomic E-state index is 0.157. The number of para-hydroxylation sites is 1. The molecule has 0 N–H and O–H groups in total. The molecule has 0 aliphatic carbocycles. The van der Waals surface area contributed by atoms with Crippen LogP contribution < -0.4 is 9.80 Å². The van der Waals surface area contributed by atoms with Crippen LogP contribution in [0, 0.1) is 0 Å². The fourth-order valence-electron chi connectivity index (χ4n) is 3.22. The quantitative estimate of drug-likeness (QED) is 0.819. The van der Waals surface area contributed by atoms with Gasteiger partial charge in [0.25, 0.3) is 0 Å². The maximum absolute atomic E-state index is 12.7. The van der Waals surface area contributed by atoms with Crippen LogP contribution in [0.5, 0.6) is 0 Å². The molecule has 0 bridgehead atoms. The molecular formula is C20H24ClN3O. The smallest absolute Gasteiger partial charge is 0.241 e. The predicted molar refractivity (Wildman–Crippen MR) is 105 cm³/mol. The molecule has 0 radical (unpaired) electrons. The Hall–Kier alpha value is -2.04. The highest BCUT2D eigenvalue weighted by Crippen LogP contribution is 2.21. The van der Waals surface area contributed by atoms with Crippen molar-refractivity contribution in [2.75, 3.05) is 49.1 Å². The van der Waals surface area contributed by atoms with Crippen LogP contribution in [0.3, 0.4) is 0 Å². The lowest BCUT2D eigenvalue weighted by Crippen LogP contribution is -2.50. The summed E-state index contributed by atoms with van der Waals surface area (Å²) in [5.41, 5.74) is 2.12. The Bertz CT molecular complexity index is 699. The first kappa shape index (κ1) is 17.8. The molecule has 1 heterocycles. The molecule has 0 spiro atoms. The van der Waals surface area contributed by atoms with Gasteiger partial charge in [-0.3, -0.25) is 9.69 Å². The molecule has 4 nitrogen and oxygen atoms in total. The lowest BCUT2D eigenvalue weighted by Gasteiger charge is -2.36. The molecule has 1 aliphatic rings. The Labute approximate surface area is 154 Å². The SMILES string of the molecule is CCN(C(=O)CN1CCN(c2cccc(Cl)c2)CC1)c1ccccc1. The van der Waals surface area contributed by atoms with Gasteiger partial charge in [-0.2, -0.15) is 0 Å². The Balaban J connectivity index is 1.55. The predicted octanol–water partition coefficient (Wildman–Crippen LogP) is 3.52. The van der Waals surface area contributed by atoms with Gasteiger partial charge < -0.3 is 9.80 Å². The van der Waals surface area contributed by atoms with Crippen molar-refractivity contribution in [3.63, 3.8) is 0 Å². The van der Waals surface area contributed by atoms with Gasteiger partial charge in [-0.15, -0.1) is 0 Å². The van der Waals surface area contributed by atoms with Crippen LogP contribution in [0.25, 0.3) is 0 Å². The highest BCUT2D eigenvalue weighted by Gasteiger charge is 2.22. The van der Waals surface area contributed by atoms with Crippen LogP contribution >= 0.6 is 11.6 Å². The Kier molecular flexibility index (Phi) is 5.95. The summed E-state index contributed by atoms with van der Waals surface area (Å²) in [5.74, 6) is 0.157. The molecule has 0 atom stereocenters. The monoisotopic (exact) mass is 357 g/mol. The number of carbonyl (C=O) groups is 1. The largest absolute Gasteiger partial charge is 0.369 e. The molecule has 1 saturated heterocycles. The number of hydrogen-bond donors (Lipinski definition) is 0. The van der Waals surface area contributed by atoms with Crippen molar-refractivity contribution in [3.05, 3.63) is 59.6 Å². The molecule has 1 amide bonds. The van der Waals surface area contributed by atoms with E-state index in [1.807, 2.05) is 60.4 Å². The van der Waals surface area contributed by atoms with E-state index >= 15 is 0 Å². The van der Waals surface area contributed by atoms with Gasteiger partial charge in [-0.25, -0.2) is 0 Å². The van der Waals surface area contributed by atoms with Crippen molar-refractivity contribution in [3.8, 4) is 0 Å². The van der Waals surface area contributed by atoms with Crippen molar-refractivity contribution >= 4 is 28.9 Å². The van der Waals surface area contributed by atoms with E-state index in [9.17, 15) is 4.79 Å². The van der Waals surface area contributed by atoms with E-state index in [1.54, 1.807) is 0 Å². The van der Waals surface area contributed by atoms with Crippen LogP contribution in [-0.2, 0) is 4.79 Å². The van der Waals surface area contributed by atoms with Crippen LogP contribution in [0.4, 0.5) is 11.4 Å². The molecule has 3 rings (SSSR count). The van der Waals surface area contributed by atoms with E-state index in [4.69, 9.17) is 11.6 Å². The number of benzene rings is 2.